The lowest BCUT2D eigenvalue weighted by atomic mass is 9.97. The first-order chi connectivity index (χ1) is 13.7. The summed E-state index contributed by atoms with van der Waals surface area (Å²) in [4.78, 5) is 14.3. The Bertz CT molecular complexity index is 809. The van der Waals surface area contributed by atoms with Gasteiger partial charge in [0, 0.05) is 24.0 Å². The number of anilines is 1. The van der Waals surface area contributed by atoms with Crippen LogP contribution in [0.25, 0.3) is 0 Å². The largest absolute Gasteiger partial charge is 0.361 e. The molecule has 0 aromatic heterocycles. The molecular formula is C22H29N5O. The fourth-order valence-electron chi connectivity index (χ4n) is 3.86. The quantitative estimate of drug-likeness (QED) is 0.549. The highest BCUT2D eigenvalue weighted by Gasteiger charge is 2.31. The Morgan fingerprint density at radius 3 is 2.79 bits per heavy atom. The van der Waals surface area contributed by atoms with Gasteiger partial charge < -0.3 is 21.7 Å². The van der Waals surface area contributed by atoms with Crippen molar-refractivity contribution in [2.24, 2.45) is 5.73 Å². The zero-order valence-electron chi connectivity index (χ0n) is 16.2. The summed E-state index contributed by atoms with van der Waals surface area (Å²) >= 11 is 0. The molecule has 2 amide bonds. The number of carbonyl (C=O) groups is 1. The van der Waals surface area contributed by atoms with Gasteiger partial charge in [0.2, 0.25) is 0 Å². The van der Waals surface area contributed by atoms with Crippen molar-refractivity contribution in [1.82, 2.24) is 16.0 Å². The topological polar surface area (TPSA) is 82.4 Å². The van der Waals surface area contributed by atoms with E-state index in [1.807, 2.05) is 18.3 Å². The van der Waals surface area contributed by atoms with Crippen LogP contribution in [-0.2, 0) is 6.54 Å². The molecule has 6 nitrogen and oxygen atoms in total. The minimum Gasteiger partial charge on any atom is -0.361 e. The molecule has 0 bridgehead atoms. The molecule has 5 N–H and O–H groups in total. The van der Waals surface area contributed by atoms with Crippen LogP contribution < -0.4 is 26.6 Å². The standard InChI is InChI=1S/C22H29N5O/c23-11-4-12-24-14-16-7-9-19(10-8-16)27-15-18-13-20(17-5-2-1-3-6-17)25-21(18)26-22(27)28/h5,7-10,13,15,21,24-25H,1-4,6,11-12,14,23H2,(H,26,28). The highest BCUT2D eigenvalue weighted by molar-refractivity contribution is 5.96. The van der Waals surface area contributed by atoms with E-state index in [1.165, 1.54) is 24.0 Å². The molecule has 1 aromatic carbocycles. The van der Waals surface area contributed by atoms with Crippen molar-refractivity contribution in [1.29, 1.82) is 0 Å². The molecule has 2 heterocycles. The van der Waals surface area contributed by atoms with Crippen LogP contribution >= 0.6 is 0 Å². The Labute approximate surface area is 166 Å². The summed E-state index contributed by atoms with van der Waals surface area (Å²) < 4.78 is 0. The van der Waals surface area contributed by atoms with Crippen molar-refractivity contribution in [3.63, 3.8) is 0 Å². The monoisotopic (exact) mass is 379 g/mol. The maximum absolute atomic E-state index is 12.6. The van der Waals surface area contributed by atoms with Gasteiger partial charge in [-0.2, -0.15) is 0 Å². The predicted molar refractivity (Wildman–Crippen MR) is 112 cm³/mol. The fraction of sp³-hybridized carbons (Fsp3) is 0.409. The molecule has 1 aromatic rings. The summed E-state index contributed by atoms with van der Waals surface area (Å²) in [6.07, 6.45) is 12.0. The van der Waals surface area contributed by atoms with Crippen LogP contribution in [0, 0.1) is 0 Å². The van der Waals surface area contributed by atoms with Crippen molar-refractivity contribution in [3.05, 3.63) is 65.0 Å². The summed E-state index contributed by atoms with van der Waals surface area (Å²) in [5, 5.41) is 9.89. The highest BCUT2D eigenvalue weighted by atomic mass is 16.2. The van der Waals surface area contributed by atoms with E-state index >= 15 is 0 Å². The van der Waals surface area contributed by atoms with Gasteiger partial charge in [-0.05, 0) is 74.5 Å². The highest BCUT2D eigenvalue weighted by Crippen LogP contribution is 2.30. The van der Waals surface area contributed by atoms with E-state index in [1.54, 1.807) is 4.90 Å². The molecule has 0 spiro atoms. The summed E-state index contributed by atoms with van der Waals surface area (Å²) in [7, 11) is 0. The maximum atomic E-state index is 12.6. The third-order valence-corrected chi connectivity index (χ3v) is 5.45. The number of hydrogen-bond donors (Lipinski definition) is 4. The van der Waals surface area contributed by atoms with Gasteiger partial charge >= 0.3 is 6.03 Å². The van der Waals surface area contributed by atoms with Crippen LogP contribution in [0.15, 0.2) is 59.5 Å². The van der Waals surface area contributed by atoms with Crippen molar-refractivity contribution < 1.29 is 4.79 Å². The zero-order valence-corrected chi connectivity index (χ0v) is 16.2. The van der Waals surface area contributed by atoms with Crippen molar-refractivity contribution in [3.8, 4) is 0 Å². The lowest BCUT2D eigenvalue weighted by molar-refractivity contribution is 0.244. The normalized spacial score (nSPS) is 21.3. The first kappa shape index (κ1) is 18.8. The lowest BCUT2D eigenvalue weighted by Crippen LogP contribution is -2.51. The van der Waals surface area contributed by atoms with Gasteiger partial charge in [0.05, 0.1) is 5.69 Å². The van der Waals surface area contributed by atoms with Crippen LogP contribution in [0.4, 0.5) is 10.5 Å². The molecule has 1 atom stereocenters. The molecule has 3 aliphatic rings. The molecule has 0 saturated carbocycles. The number of allylic oxidation sites excluding steroid dienone is 2. The van der Waals surface area contributed by atoms with Gasteiger partial charge in [0.15, 0.2) is 0 Å². The van der Waals surface area contributed by atoms with Crippen LogP contribution in [0.1, 0.15) is 37.7 Å². The Balaban J connectivity index is 1.46. The SMILES string of the molecule is NCCCNCc1ccc(N2C=C3C=C(C4=CCCCC4)NC3NC2=O)cc1. The molecule has 1 aliphatic carbocycles. The van der Waals surface area contributed by atoms with Gasteiger partial charge in [0.25, 0.3) is 0 Å². The molecule has 2 aliphatic heterocycles. The molecule has 0 saturated heterocycles. The Morgan fingerprint density at radius 1 is 1.18 bits per heavy atom. The average molecular weight is 380 g/mol. The number of hydrogen-bond acceptors (Lipinski definition) is 4. The average Bonchev–Trinajstić information content (AvgIpc) is 3.15. The van der Waals surface area contributed by atoms with Crippen molar-refractivity contribution >= 4 is 11.7 Å². The van der Waals surface area contributed by atoms with Crippen molar-refractivity contribution in [2.45, 2.75) is 44.8 Å². The summed E-state index contributed by atoms with van der Waals surface area (Å²) in [5.41, 5.74) is 11.2. The summed E-state index contributed by atoms with van der Waals surface area (Å²) in [6, 6.07) is 8.00. The van der Waals surface area contributed by atoms with E-state index in [2.05, 4.69) is 40.2 Å². The smallest absolute Gasteiger partial charge is 0.327 e. The van der Waals surface area contributed by atoms with E-state index in [-0.39, 0.29) is 12.2 Å². The Kier molecular flexibility index (Phi) is 5.78. The minimum absolute atomic E-state index is 0.109. The van der Waals surface area contributed by atoms with E-state index in [9.17, 15) is 4.79 Å². The van der Waals surface area contributed by atoms with Gasteiger partial charge in [-0.3, -0.25) is 4.90 Å². The molecule has 4 rings (SSSR count). The number of urea groups is 1. The van der Waals surface area contributed by atoms with Gasteiger partial charge in [-0.1, -0.05) is 18.2 Å². The number of nitrogens with two attached hydrogens (primary N) is 1. The maximum Gasteiger partial charge on any atom is 0.327 e. The number of amides is 2. The third-order valence-electron chi connectivity index (χ3n) is 5.45. The molecule has 0 fully saturated rings. The Morgan fingerprint density at radius 2 is 2.04 bits per heavy atom. The third kappa shape index (κ3) is 4.13. The molecule has 148 valence electrons. The summed E-state index contributed by atoms with van der Waals surface area (Å²) in [5.74, 6) is 0. The Hall–Kier alpha value is -2.57. The molecule has 1 unspecified atom stereocenters. The van der Waals surface area contributed by atoms with Crippen LogP contribution in [0.5, 0.6) is 0 Å². The van der Waals surface area contributed by atoms with E-state index in [0.717, 1.165) is 49.3 Å². The second kappa shape index (κ2) is 8.63. The second-order valence-corrected chi connectivity index (χ2v) is 7.54. The zero-order chi connectivity index (χ0) is 19.3. The van der Waals surface area contributed by atoms with Crippen LogP contribution in [0.3, 0.4) is 0 Å². The predicted octanol–water partition coefficient (Wildman–Crippen LogP) is 2.85. The lowest BCUT2D eigenvalue weighted by Gasteiger charge is -2.29. The van der Waals surface area contributed by atoms with Crippen LogP contribution in [0.2, 0.25) is 0 Å². The molecule has 28 heavy (non-hydrogen) atoms. The number of nitrogens with one attached hydrogen (secondary N) is 3. The molecular weight excluding hydrogens is 350 g/mol. The summed E-state index contributed by atoms with van der Waals surface area (Å²) in [6.45, 7) is 2.42. The second-order valence-electron chi connectivity index (χ2n) is 7.54. The number of carbonyl (C=O) groups excluding carboxylic acids is 1. The van der Waals surface area contributed by atoms with Gasteiger partial charge in [-0.25, -0.2) is 4.79 Å². The molecule has 6 heteroatoms. The van der Waals surface area contributed by atoms with Crippen LogP contribution in [-0.4, -0.2) is 25.3 Å². The first-order valence-corrected chi connectivity index (χ1v) is 10.2. The van der Waals surface area contributed by atoms with Crippen molar-refractivity contribution in [2.75, 3.05) is 18.0 Å². The number of nitrogens with zero attached hydrogens (tertiary/aromatic N) is 1. The van der Waals surface area contributed by atoms with Gasteiger partial charge in [-0.15, -0.1) is 0 Å². The number of fused-ring (bicyclic) bond motifs is 1. The number of benzene rings is 1. The van der Waals surface area contributed by atoms with E-state index in [4.69, 9.17) is 5.73 Å². The van der Waals surface area contributed by atoms with Gasteiger partial charge in [0.1, 0.15) is 6.17 Å². The molecule has 0 radical (unpaired) electrons. The van der Waals surface area contributed by atoms with E-state index < -0.39 is 0 Å². The minimum atomic E-state index is -0.132. The number of rotatable bonds is 7. The first-order valence-electron chi connectivity index (χ1n) is 10.2. The fourth-order valence-corrected chi connectivity index (χ4v) is 3.86. The van der Waals surface area contributed by atoms with E-state index in [0.29, 0.717) is 6.54 Å².